The number of morpholine rings is 1. The summed E-state index contributed by atoms with van der Waals surface area (Å²) in [4.78, 5) is 30.2. The van der Waals surface area contributed by atoms with E-state index in [9.17, 15) is 18.0 Å². The molecule has 2 heterocycles. The van der Waals surface area contributed by atoms with E-state index in [4.69, 9.17) is 4.74 Å². The molecule has 1 aliphatic heterocycles. The van der Waals surface area contributed by atoms with Crippen molar-refractivity contribution < 1.29 is 22.7 Å². The maximum absolute atomic E-state index is 12.7. The predicted molar refractivity (Wildman–Crippen MR) is 120 cm³/mol. The highest BCUT2D eigenvalue weighted by molar-refractivity contribution is 7.89. The Bertz CT molecular complexity index is 1050. The maximum Gasteiger partial charge on any atom is 0.245 e. The molecule has 0 radical (unpaired) electrons. The van der Waals surface area contributed by atoms with Gasteiger partial charge in [0.15, 0.2) is 0 Å². The van der Waals surface area contributed by atoms with E-state index < -0.39 is 10.0 Å². The number of sulfonamides is 1. The summed E-state index contributed by atoms with van der Waals surface area (Å²) in [5.41, 5.74) is 1.82. The smallest absolute Gasteiger partial charge is 0.245 e. The van der Waals surface area contributed by atoms with Crippen LogP contribution in [0.15, 0.2) is 47.5 Å². The van der Waals surface area contributed by atoms with Crippen molar-refractivity contribution in [2.45, 2.75) is 24.7 Å². The Labute approximate surface area is 188 Å². The SMILES string of the molecule is Cc1ccnc(NC(=O)CN(C)C(=O)CCc2ccc(S(=O)(=O)N3CCOCC3)cc2)c1. The van der Waals surface area contributed by atoms with Crippen LogP contribution in [0.3, 0.4) is 0 Å². The van der Waals surface area contributed by atoms with Gasteiger partial charge in [0, 0.05) is 32.8 Å². The van der Waals surface area contributed by atoms with Gasteiger partial charge in [-0.05, 0) is 48.7 Å². The summed E-state index contributed by atoms with van der Waals surface area (Å²) in [7, 11) is -1.96. The van der Waals surface area contributed by atoms with Gasteiger partial charge in [-0.1, -0.05) is 12.1 Å². The van der Waals surface area contributed by atoms with Crippen LogP contribution in [0.1, 0.15) is 17.5 Å². The summed E-state index contributed by atoms with van der Waals surface area (Å²) in [5.74, 6) is -0.0537. The van der Waals surface area contributed by atoms with Gasteiger partial charge in [-0.3, -0.25) is 9.59 Å². The van der Waals surface area contributed by atoms with Crippen LogP contribution in [0.4, 0.5) is 5.82 Å². The van der Waals surface area contributed by atoms with Gasteiger partial charge in [0.25, 0.3) is 0 Å². The lowest BCUT2D eigenvalue weighted by Crippen LogP contribution is -2.40. The fraction of sp³-hybridized carbons (Fsp3) is 0.409. The first kappa shape index (κ1) is 23.8. The molecule has 1 aliphatic rings. The first-order valence-corrected chi connectivity index (χ1v) is 11.8. The molecular formula is C22H28N4O5S. The molecule has 32 heavy (non-hydrogen) atoms. The van der Waals surface area contributed by atoms with Crippen molar-refractivity contribution in [1.29, 1.82) is 0 Å². The van der Waals surface area contributed by atoms with E-state index in [1.54, 1.807) is 43.6 Å². The minimum absolute atomic E-state index is 0.0782. The van der Waals surface area contributed by atoms with Gasteiger partial charge < -0.3 is 15.0 Å². The first-order chi connectivity index (χ1) is 15.3. The molecule has 3 rings (SSSR count). The molecule has 0 bridgehead atoms. The van der Waals surface area contributed by atoms with Crippen molar-refractivity contribution in [2.75, 3.05) is 45.2 Å². The van der Waals surface area contributed by atoms with Crippen LogP contribution in [0.2, 0.25) is 0 Å². The van der Waals surface area contributed by atoms with Gasteiger partial charge in [0.2, 0.25) is 21.8 Å². The number of aromatic nitrogens is 1. The average molecular weight is 461 g/mol. The third-order valence-electron chi connectivity index (χ3n) is 5.15. The number of anilines is 1. The van der Waals surface area contributed by atoms with Crippen molar-refractivity contribution in [3.8, 4) is 0 Å². The lowest BCUT2D eigenvalue weighted by atomic mass is 10.1. The number of nitrogens with one attached hydrogen (secondary N) is 1. The second-order valence-corrected chi connectivity index (χ2v) is 9.61. The van der Waals surface area contributed by atoms with E-state index in [0.29, 0.717) is 38.5 Å². The Morgan fingerprint density at radius 2 is 1.84 bits per heavy atom. The molecule has 1 aromatic carbocycles. The zero-order valence-corrected chi connectivity index (χ0v) is 19.1. The number of hydrogen-bond donors (Lipinski definition) is 1. The average Bonchev–Trinajstić information content (AvgIpc) is 2.78. The highest BCUT2D eigenvalue weighted by atomic mass is 32.2. The normalized spacial score (nSPS) is 14.7. The van der Waals surface area contributed by atoms with Crippen LogP contribution in [-0.2, 0) is 30.8 Å². The molecule has 9 nitrogen and oxygen atoms in total. The van der Waals surface area contributed by atoms with Crippen LogP contribution in [0, 0.1) is 6.92 Å². The number of carbonyl (C=O) groups excluding carboxylic acids is 2. The van der Waals surface area contributed by atoms with Gasteiger partial charge in [0.1, 0.15) is 5.82 Å². The van der Waals surface area contributed by atoms with Crippen molar-refractivity contribution >= 4 is 27.7 Å². The third-order valence-corrected chi connectivity index (χ3v) is 7.06. The lowest BCUT2D eigenvalue weighted by molar-refractivity contribution is -0.133. The molecule has 0 aliphatic carbocycles. The van der Waals surface area contributed by atoms with Crippen molar-refractivity contribution in [3.05, 3.63) is 53.7 Å². The number of hydrogen-bond acceptors (Lipinski definition) is 6. The molecule has 1 N–H and O–H groups in total. The fourth-order valence-corrected chi connectivity index (χ4v) is 4.70. The molecule has 0 spiro atoms. The summed E-state index contributed by atoms with van der Waals surface area (Å²) in [6, 6.07) is 10.2. The van der Waals surface area contributed by atoms with Gasteiger partial charge >= 0.3 is 0 Å². The summed E-state index contributed by atoms with van der Waals surface area (Å²) in [6.07, 6.45) is 2.27. The summed E-state index contributed by atoms with van der Waals surface area (Å²) in [6.45, 7) is 3.30. The molecule has 2 amide bonds. The van der Waals surface area contributed by atoms with Crippen molar-refractivity contribution in [3.63, 3.8) is 0 Å². The van der Waals surface area contributed by atoms with Crippen molar-refractivity contribution in [1.82, 2.24) is 14.2 Å². The second kappa shape index (κ2) is 10.7. The topological polar surface area (TPSA) is 109 Å². The van der Waals surface area contributed by atoms with E-state index in [0.717, 1.165) is 11.1 Å². The number of carbonyl (C=O) groups is 2. The van der Waals surface area contributed by atoms with Gasteiger partial charge in [0.05, 0.1) is 24.7 Å². The molecule has 172 valence electrons. The number of rotatable bonds is 8. The quantitative estimate of drug-likeness (QED) is 0.639. The number of amides is 2. The van der Waals surface area contributed by atoms with Crippen LogP contribution >= 0.6 is 0 Å². The number of ether oxygens (including phenoxy) is 1. The molecule has 0 atom stereocenters. The summed E-state index contributed by atoms with van der Waals surface area (Å²) in [5, 5.41) is 2.68. The largest absolute Gasteiger partial charge is 0.379 e. The predicted octanol–water partition coefficient (Wildman–Crippen LogP) is 1.44. The van der Waals surface area contributed by atoms with Crippen LogP contribution in [-0.4, -0.2) is 74.3 Å². The molecule has 10 heteroatoms. The number of nitrogens with zero attached hydrogens (tertiary/aromatic N) is 3. The molecule has 2 aromatic rings. The first-order valence-electron chi connectivity index (χ1n) is 10.4. The Balaban J connectivity index is 1.49. The van der Waals surface area contributed by atoms with Gasteiger partial charge in [-0.15, -0.1) is 0 Å². The minimum Gasteiger partial charge on any atom is -0.379 e. The van der Waals surface area contributed by atoms with E-state index in [2.05, 4.69) is 10.3 Å². The second-order valence-electron chi connectivity index (χ2n) is 7.68. The highest BCUT2D eigenvalue weighted by Crippen LogP contribution is 2.18. The Hall–Kier alpha value is -2.82. The molecule has 1 aromatic heterocycles. The standard InChI is InChI=1S/C22H28N4O5S/c1-17-9-10-23-20(15-17)24-21(27)16-25(2)22(28)8-5-18-3-6-19(7-4-18)32(29,30)26-11-13-31-14-12-26/h3-4,6-7,9-10,15H,5,8,11-14,16H2,1-2H3,(H,23,24,27). The Morgan fingerprint density at radius 3 is 2.50 bits per heavy atom. The van der Waals surface area contributed by atoms with E-state index in [1.807, 2.05) is 13.0 Å². The highest BCUT2D eigenvalue weighted by Gasteiger charge is 2.26. The number of pyridine rings is 1. The van der Waals surface area contributed by atoms with E-state index >= 15 is 0 Å². The molecule has 1 saturated heterocycles. The monoisotopic (exact) mass is 460 g/mol. The number of likely N-dealkylation sites (N-methyl/N-ethyl adjacent to an activating group) is 1. The van der Waals surface area contributed by atoms with Crippen LogP contribution in [0.25, 0.3) is 0 Å². The Kier molecular flexibility index (Phi) is 7.94. The zero-order valence-electron chi connectivity index (χ0n) is 18.3. The number of aryl methyl sites for hydroxylation is 2. The minimum atomic E-state index is -3.54. The van der Waals surface area contributed by atoms with Crippen LogP contribution < -0.4 is 5.32 Å². The summed E-state index contributed by atoms with van der Waals surface area (Å²) < 4.78 is 32.0. The molecular weight excluding hydrogens is 432 g/mol. The molecule has 1 fully saturated rings. The Morgan fingerprint density at radius 1 is 1.16 bits per heavy atom. The van der Waals surface area contributed by atoms with Crippen molar-refractivity contribution in [2.24, 2.45) is 0 Å². The van der Waals surface area contributed by atoms with Gasteiger partial charge in [-0.2, -0.15) is 4.31 Å². The zero-order chi connectivity index (χ0) is 23.1. The third kappa shape index (κ3) is 6.35. The lowest BCUT2D eigenvalue weighted by Gasteiger charge is -2.26. The van der Waals surface area contributed by atoms with Crippen LogP contribution in [0.5, 0.6) is 0 Å². The van der Waals surface area contributed by atoms with Gasteiger partial charge in [-0.25, -0.2) is 13.4 Å². The summed E-state index contributed by atoms with van der Waals surface area (Å²) >= 11 is 0. The molecule has 0 unspecified atom stereocenters. The molecule has 0 saturated carbocycles. The maximum atomic E-state index is 12.7. The van der Waals surface area contributed by atoms with E-state index in [-0.39, 0.29) is 29.7 Å². The fourth-order valence-electron chi connectivity index (χ4n) is 3.30. The van der Waals surface area contributed by atoms with E-state index in [1.165, 1.54) is 9.21 Å². The number of benzene rings is 1.